The van der Waals surface area contributed by atoms with E-state index in [9.17, 15) is 5.11 Å². The van der Waals surface area contributed by atoms with Gasteiger partial charge in [-0.05, 0) is 13.8 Å². The highest BCUT2D eigenvalue weighted by Gasteiger charge is 2.14. The molecule has 0 radical (unpaired) electrons. The van der Waals surface area contributed by atoms with Crippen molar-refractivity contribution in [2.24, 2.45) is 7.05 Å². The van der Waals surface area contributed by atoms with Gasteiger partial charge in [0.15, 0.2) is 0 Å². The molecular weight excluding hydrogens is 204 g/mol. The van der Waals surface area contributed by atoms with Gasteiger partial charge in [0.1, 0.15) is 6.10 Å². The number of hydrogen-bond donors (Lipinski definition) is 1. The fraction of sp³-hybridized carbons (Fsp3) is 0.455. The molecule has 0 aliphatic rings. The number of aryl methyl sites for hydroxylation is 1. The molecule has 0 bridgehead atoms. The fourth-order valence-corrected chi connectivity index (χ4v) is 1.55. The molecule has 1 N–H and O–H groups in total. The largest absolute Gasteiger partial charge is 0.383 e. The highest BCUT2D eigenvalue weighted by molar-refractivity contribution is 5.22. The van der Waals surface area contributed by atoms with Crippen molar-refractivity contribution in [3.05, 3.63) is 35.9 Å². The Bertz CT molecular complexity index is 472. The van der Waals surface area contributed by atoms with E-state index in [1.165, 1.54) is 0 Å². The summed E-state index contributed by atoms with van der Waals surface area (Å²) in [6, 6.07) is 0.301. The number of nitrogens with zero attached hydrogens (tertiary/aromatic N) is 4. The van der Waals surface area contributed by atoms with Crippen molar-refractivity contribution in [1.82, 2.24) is 19.6 Å². The predicted molar refractivity (Wildman–Crippen MR) is 59.9 cm³/mol. The summed E-state index contributed by atoms with van der Waals surface area (Å²) < 4.78 is 3.50. The molecule has 5 heteroatoms. The summed E-state index contributed by atoms with van der Waals surface area (Å²) in [4.78, 5) is 0. The van der Waals surface area contributed by atoms with E-state index in [1.54, 1.807) is 23.3 Å². The lowest BCUT2D eigenvalue weighted by atomic mass is 10.1. The zero-order valence-corrected chi connectivity index (χ0v) is 9.70. The molecule has 5 nitrogen and oxygen atoms in total. The van der Waals surface area contributed by atoms with E-state index in [1.807, 2.05) is 31.8 Å². The maximum Gasteiger partial charge on any atom is 0.110 e. The number of aliphatic hydroxyl groups is 1. The average Bonchev–Trinajstić information content (AvgIpc) is 2.84. The molecule has 1 unspecified atom stereocenters. The molecule has 0 saturated carbocycles. The van der Waals surface area contributed by atoms with Crippen molar-refractivity contribution < 1.29 is 5.11 Å². The van der Waals surface area contributed by atoms with Gasteiger partial charge in [-0.1, -0.05) is 0 Å². The van der Waals surface area contributed by atoms with Crippen LogP contribution in [0.5, 0.6) is 0 Å². The molecule has 0 amide bonds. The average molecular weight is 220 g/mol. The lowest BCUT2D eigenvalue weighted by Gasteiger charge is -2.06. The summed E-state index contributed by atoms with van der Waals surface area (Å²) in [6.45, 7) is 4.10. The van der Waals surface area contributed by atoms with E-state index >= 15 is 0 Å². The summed E-state index contributed by atoms with van der Waals surface area (Å²) in [7, 11) is 1.83. The molecule has 0 aliphatic carbocycles. The summed E-state index contributed by atoms with van der Waals surface area (Å²) in [6.07, 6.45) is 6.37. The van der Waals surface area contributed by atoms with E-state index < -0.39 is 6.10 Å². The van der Waals surface area contributed by atoms with Crippen LogP contribution in [-0.2, 0) is 7.05 Å². The Morgan fingerprint density at radius 3 is 2.25 bits per heavy atom. The van der Waals surface area contributed by atoms with Gasteiger partial charge < -0.3 is 5.11 Å². The summed E-state index contributed by atoms with van der Waals surface area (Å²) in [5.74, 6) is 0. The molecule has 0 saturated heterocycles. The molecule has 2 aromatic rings. The lowest BCUT2D eigenvalue weighted by molar-refractivity contribution is 0.220. The minimum absolute atomic E-state index is 0.301. The smallest absolute Gasteiger partial charge is 0.110 e. The third-order valence-electron chi connectivity index (χ3n) is 2.51. The number of hydrogen-bond acceptors (Lipinski definition) is 3. The molecule has 0 aromatic carbocycles. The molecule has 1 atom stereocenters. The first-order chi connectivity index (χ1) is 7.58. The maximum atomic E-state index is 10.1. The second-order valence-electron chi connectivity index (χ2n) is 4.20. The van der Waals surface area contributed by atoms with E-state index in [-0.39, 0.29) is 0 Å². The topological polar surface area (TPSA) is 55.9 Å². The first-order valence-corrected chi connectivity index (χ1v) is 5.28. The van der Waals surface area contributed by atoms with Crippen LogP contribution >= 0.6 is 0 Å². The summed E-state index contributed by atoms with van der Waals surface area (Å²) in [5.41, 5.74) is 1.58. The molecule has 2 heterocycles. The maximum absolute atomic E-state index is 10.1. The Labute approximate surface area is 94.3 Å². The van der Waals surface area contributed by atoms with Gasteiger partial charge in [-0.15, -0.1) is 0 Å². The van der Waals surface area contributed by atoms with Crippen LogP contribution < -0.4 is 0 Å². The van der Waals surface area contributed by atoms with Crippen molar-refractivity contribution in [3.8, 4) is 0 Å². The van der Waals surface area contributed by atoms with Gasteiger partial charge in [-0.2, -0.15) is 10.2 Å². The van der Waals surface area contributed by atoms with Gasteiger partial charge in [0.25, 0.3) is 0 Å². The zero-order valence-electron chi connectivity index (χ0n) is 9.70. The quantitative estimate of drug-likeness (QED) is 0.847. The Balaban J connectivity index is 2.23. The SMILES string of the molecule is CC(C)n1cc(C(O)c2cnn(C)c2)cn1. The first-order valence-electron chi connectivity index (χ1n) is 5.28. The van der Waals surface area contributed by atoms with Crippen molar-refractivity contribution in [2.45, 2.75) is 26.0 Å². The zero-order chi connectivity index (χ0) is 11.7. The molecule has 86 valence electrons. The Morgan fingerprint density at radius 1 is 1.12 bits per heavy atom. The minimum atomic E-state index is -0.652. The Morgan fingerprint density at radius 2 is 1.75 bits per heavy atom. The van der Waals surface area contributed by atoms with Gasteiger partial charge in [0.05, 0.1) is 12.4 Å². The number of rotatable bonds is 3. The van der Waals surface area contributed by atoms with Crippen molar-refractivity contribution >= 4 is 0 Å². The third kappa shape index (κ3) is 1.99. The van der Waals surface area contributed by atoms with Crippen LogP contribution in [0, 0.1) is 0 Å². The molecule has 0 spiro atoms. The second kappa shape index (κ2) is 4.09. The van der Waals surface area contributed by atoms with Crippen LogP contribution in [0.15, 0.2) is 24.8 Å². The highest BCUT2D eigenvalue weighted by Crippen LogP contribution is 2.21. The van der Waals surface area contributed by atoms with Crippen molar-refractivity contribution in [3.63, 3.8) is 0 Å². The fourth-order valence-electron chi connectivity index (χ4n) is 1.55. The van der Waals surface area contributed by atoms with E-state index in [4.69, 9.17) is 0 Å². The normalized spacial score (nSPS) is 13.3. The van der Waals surface area contributed by atoms with Crippen LogP contribution in [0.3, 0.4) is 0 Å². The van der Waals surface area contributed by atoms with Crippen LogP contribution in [0.2, 0.25) is 0 Å². The van der Waals surface area contributed by atoms with Crippen LogP contribution in [0.25, 0.3) is 0 Å². The minimum Gasteiger partial charge on any atom is -0.383 e. The van der Waals surface area contributed by atoms with Crippen LogP contribution in [0.4, 0.5) is 0 Å². The standard InChI is InChI=1S/C11H16N4O/c1-8(2)15-7-10(5-13-15)11(16)9-4-12-14(3)6-9/h4-8,11,16H,1-3H3. The number of aromatic nitrogens is 4. The molecule has 0 fully saturated rings. The van der Waals surface area contributed by atoms with Gasteiger partial charge in [-0.25, -0.2) is 0 Å². The summed E-state index contributed by atoms with van der Waals surface area (Å²) >= 11 is 0. The monoisotopic (exact) mass is 220 g/mol. The molecule has 0 aliphatic heterocycles. The van der Waals surface area contributed by atoms with Gasteiger partial charge >= 0.3 is 0 Å². The molecule has 2 aromatic heterocycles. The van der Waals surface area contributed by atoms with Crippen LogP contribution in [-0.4, -0.2) is 24.7 Å². The second-order valence-corrected chi connectivity index (χ2v) is 4.20. The third-order valence-corrected chi connectivity index (χ3v) is 2.51. The van der Waals surface area contributed by atoms with Gasteiger partial charge in [-0.3, -0.25) is 9.36 Å². The Hall–Kier alpha value is -1.62. The predicted octanol–water partition coefficient (Wildman–Crippen LogP) is 1.28. The lowest BCUT2D eigenvalue weighted by Crippen LogP contribution is -2.01. The van der Waals surface area contributed by atoms with Gasteiger partial charge in [0.2, 0.25) is 0 Å². The molecule has 2 rings (SSSR count). The highest BCUT2D eigenvalue weighted by atomic mass is 16.3. The molecule has 16 heavy (non-hydrogen) atoms. The van der Waals surface area contributed by atoms with E-state index in [0.717, 1.165) is 11.1 Å². The Kier molecular flexibility index (Phi) is 2.78. The van der Waals surface area contributed by atoms with Crippen molar-refractivity contribution in [1.29, 1.82) is 0 Å². The molecular formula is C11H16N4O. The van der Waals surface area contributed by atoms with Crippen molar-refractivity contribution in [2.75, 3.05) is 0 Å². The van der Waals surface area contributed by atoms with E-state index in [0.29, 0.717) is 6.04 Å². The van der Waals surface area contributed by atoms with Gasteiger partial charge in [0, 0.05) is 36.6 Å². The number of aliphatic hydroxyl groups excluding tert-OH is 1. The van der Waals surface area contributed by atoms with Crippen LogP contribution in [0.1, 0.15) is 37.1 Å². The van der Waals surface area contributed by atoms with E-state index in [2.05, 4.69) is 10.2 Å². The summed E-state index contributed by atoms with van der Waals surface area (Å²) in [5, 5.41) is 18.3. The first kappa shape index (κ1) is 10.9.